The number of nitrogens with two attached hydrogens (primary N) is 1. The van der Waals surface area contributed by atoms with Crippen molar-refractivity contribution in [1.29, 1.82) is 0 Å². The van der Waals surface area contributed by atoms with Crippen molar-refractivity contribution in [3.63, 3.8) is 0 Å². The number of methoxy groups -OCH3 is 2. The highest BCUT2D eigenvalue weighted by Gasteiger charge is 2.68. The molecular weight excluding hydrogens is 456 g/mol. The molecule has 0 spiro atoms. The number of likely N-dealkylation sites (tertiary alicyclic amines) is 1. The number of carbonyl (C=O) groups excluding carboxylic acids is 3. The number of hydrogen-bond donors (Lipinski definition) is 4. The highest BCUT2D eigenvalue weighted by atomic mass is 16.5. The van der Waals surface area contributed by atoms with Crippen LogP contribution in [0.3, 0.4) is 0 Å². The normalized spacial score (nSPS) is 25.5. The molecule has 0 radical (unpaired) electrons. The number of carboxylic acids is 1. The number of carboxylic acid groups (broad SMARTS) is 1. The lowest BCUT2D eigenvalue weighted by molar-refractivity contribution is -0.151. The van der Waals surface area contributed by atoms with Crippen LogP contribution in [0.4, 0.5) is 4.79 Å². The molecule has 11 nitrogen and oxygen atoms in total. The molecule has 5 N–H and O–H groups in total. The zero-order valence-corrected chi connectivity index (χ0v) is 20.6. The van der Waals surface area contributed by atoms with Gasteiger partial charge in [-0.3, -0.25) is 24.6 Å². The van der Waals surface area contributed by atoms with Gasteiger partial charge in [0.25, 0.3) is 0 Å². The Hall–Kier alpha value is -3.34. The molecular formula is C24H34N4O7. The van der Waals surface area contributed by atoms with Crippen molar-refractivity contribution in [3.8, 4) is 11.5 Å². The maximum Gasteiger partial charge on any atom is 0.324 e. The minimum atomic E-state index is -1.71. The summed E-state index contributed by atoms with van der Waals surface area (Å²) >= 11 is 0. The quantitative estimate of drug-likeness (QED) is 0.267. The van der Waals surface area contributed by atoms with Crippen molar-refractivity contribution in [1.82, 2.24) is 15.5 Å². The molecule has 0 aliphatic carbocycles. The number of unbranched alkanes of at least 4 members (excludes halogenated alkanes) is 1. The average Bonchev–Trinajstić information content (AvgIpc) is 3.29. The Morgan fingerprint density at radius 1 is 1.20 bits per heavy atom. The van der Waals surface area contributed by atoms with Gasteiger partial charge >= 0.3 is 12.0 Å². The SMILES string of the molecule is CCCCN1C(=O)C2C(c3ccc(OC)c(C)c3OC)NC(CCCNC(N)=O)(C(=O)O)C2C1=O. The van der Waals surface area contributed by atoms with Gasteiger partial charge in [-0.1, -0.05) is 19.4 Å². The molecule has 2 saturated heterocycles. The van der Waals surface area contributed by atoms with E-state index in [1.54, 1.807) is 12.1 Å². The van der Waals surface area contributed by atoms with Crippen LogP contribution < -0.4 is 25.8 Å². The molecule has 2 fully saturated rings. The first-order valence-corrected chi connectivity index (χ1v) is 11.8. The number of benzene rings is 1. The van der Waals surface area contributed by atoms with E-state index in [2.05, 4.69) is 10.6 Å². The van der Waals surface area contributed by atoms with Crippen LogP contribution in [0, 0.1) is 18.8 Å². The fourth-order valence-corrected chi connectivity index (χ4v) is 5.41. The molecule has 0 aromatic heterocycles. The number of urea groups is 1. The van der Waals surface area contributed by atoms with Gasteiger partial charge in [0, 0.05) is 30.3 Å². The molecule has 11 heteroatoms. The summed E-state index contributed by atoms with van der Waals surface area (Å²) in [6.45, 7) is 4.14. The second kappa shape index (κ2) is 10.5. The van der Waals surface area contributed by atoms with Crippen LogP contribution in [0.15, 0.2) is 12.1 Å². The van der Waals surface area contributed by atoms with Crippen LogP contribution in [-0.4, -0.2) is 66.7 Å². The van der Waals surface area contributed by atoms with Crippen molar-refractivity contribution in [2.24, 2.45) is 17.6 Å². The number of nitrogens with zero attached hydrogens (tertiary/aromatic N) is 1. The number of carbonyl (C=O) groups is 4. The third kappa shape index (κ3) is 4.52. The molecule has 3 rings (SSSR count). The highest BCUT2D eigenvalue weighted by molar-refractivity contribution is 6.09. The Morgan fingerprint density at radius 2 is 1.91 bits per heavy atom. The van der Waals surface area contributed by atoms with E-state index in [0.717, 1.165) is 6.42 Å². The first-order chi connectivity index (χ1) is 16.6. The van der Waals surface area contributed by atoms with Gasteiger partial charge in [-0.05, 0) is 32.3 Å². The van der Waals surface area contributed by atoms with E-state index in [1.807, 2.05) is 13.8 Å². The Labute approximate surface area is 204 Å². The van der Waals surface area contributed by atoms with Gasteiger partial charge < -0.3 is 25.6 Å². The molecule has 4 amide bonds. The minimum Gasteiger partial charge on any atom is -0.496 e. The number of nitrogens with one attached hydrogen (secondary N) is 2. The molecule has 2 heterocycles. The lowest BCUT2D eigenvalue weighted by Crippen LogP contribution is -2.56. The van der Waals surface area contributed by atoms with Crippen LogP contribution in [0.5, 0.6) is 11.5 Å². The largest absolute Gasteiger partial charge is 0.496 e. The Balaban J connectivity index is 2.10. The summed E-state index contributed by atoms with van der Waals surface area (Å²) in [7, 11) is 3.03. The maximum atomic E-state index is 13.6. The van der Waals surface area contributed by atoms with E-state index in [4.69, 9.17) is 15.2 Å². The molecule has 2 aliphatic heterocycles. The van der Waals surface area contributed by atoms with E-state index in [-0.39, 0.29) is 31.8 Å². The summed E-state index contributed by atoms with van der Waals surface area (Å²) in [5.74, 6) is -3.07. The summed E-state index contributed by atoms with van der Waals surface area (Å²) < 4.78 is 11.0. The number of aliphatic carboxylic acids is 1. The van der Waals surface area contributed by atoms with E-state index in [1.165, 1.54) is 19.1 Å². The minimum absolute atomic E-state index is 0.0123. The van der Waals surface area contributed by atoms with Crippen LogP contribution in [0.1, 0.15) is 49.8 Å². The second-order valence-electron chi connectivity index (χ2n) is 8.99. The van der Waals surface area contributed by atoms with Crippen molar-refractivity contribution < 1.29 is 33.8 Å². The maximum absolute atomic E-state index is 13.6. The van der Waals surface area contributed by atoms with Crippen molar-refractivity contribution >= 4 is 23.8 Å². The molecule has 192 valence electrons. The first kappa shape index (κ1) is 26.3. The zero-order chi connectivity index (χ0) is 25.9. The third-order valence-corrected chi connectivity index (χ3v) is 7.06. The predicted molar refractivity (Wildman–Crippen MR) is 126 cm³/mol. The molecule has 2 aliphatic rings. The molecule has 4 atom stereocenters. The summed E-state index contributed by atoms with van der Waals surface area (Å²) in [4.78, 5) is 52.1. The summed E-state index contributed by atoms with van der Waals surface area (Å²) in [6.07, 6.45) is 1.66. The molecule has 0 saturated carbocycles. The third-order valence-electron chi connectivity index (χ3n) is 7.06. The fraction of sp³-hybridized carbons (Fsp3) is 0.583. The monoisotopic (exact) mass is 490 g/mol. The van der Waals surface area contributed by atoms with Gasteiger partial charge in [0.05, 0.1) is 26.1 Å². The van der Waals surface area contributed by atoms with Crippen molar-refractivity contribution in [3.05, 3.63) is 23.3 Å². The van der Waals surface area contributed by atoms with Gasteiger partial charge in [-0.25, -0.2) is 4.79 Å². The van der Waals surface area contributed by atoms with E-state index < -0.39 is 41.3 Å². The Kier molecular flexibility index (Phi) is 7.89. The molecule has 35 heavy (non-hydrogen) atoms. The molecule has 1 aromatic carbocycles. The summed E-state index contributed by atoms with van der Waals surface area (Å²) in [5.41, 5.74) is 4.70. The molecule has 1 aromatic rings. The predicted octanol–water partition coefficient (Wildman–Crippen LogP) is 1.33. The Morgan fingerprint density at radius 3 is 2.49 bits per heavy atom. The number of primary amides is 1. The molecule has 0 bridgehead atoms. The fourth-order valence-electron chi connectivity index (χ4n) is 5.41. The summed E-state index contributed by atoms with van der Waals surface area (Å²) in [5, 5.41) is 16.0. The molecule has 4 unspecified atom stereocenters. The van der Waals surface area contributed by atoms with Gasteiger partial charge in [0.15, 0.2) is 0 Å². The van der Waals surface area contributed by atoms with Crippen LogP contribution in [0.25, 0.3) is 0 Å². The lowest BCUT2D eigenvalue weighted by atomic mass is 9.76. The number of fused-ring (bicyclic) bond motifs is 1. The van der Waals surface area contributed by atoms with Crippen molar-refractivity contribution in [2.75, 3.05) is 27.3 Å². The van der Waals surface area contributed by atoms with Gasteiger partial charge in [0.2, 0.25) is 11.8 Å². The zero-order valence-electron chi connectivity index (χ0n) is 20.6. The van der Waals surface area contributed by atoms with Crippen LogP contribution >= 0.6 is 0 Å². The van der Waals surface area contributed by atoms with E-state index in [0.29, 0.717) is 29.0 Å². The first-order valence-electron chi connectivity index (χ1n) is 11.8. The van der Waals surface area contributed by atoms with Crippen LogP contribution in [0.2, 0.25) is 0 Å². The lowest BCUT2D eigenvalue weighted by Gasteiger charge is -2.31. The highest BCUT2D eigenvalue weighted by Crippen LogP contribution is 2.52. The van der Waals surface area contributed by atoms with Crippen LogP contribution in [-0.2, 0) is 14.4 Å². The second-order valence-corrected chi connectivity index (χ2v) is 8.99. The van der Waals surface area contributed by atoms with Gasteiger partial charge in [-0.15, -0.1) is 0 Å². The van der Waals surface area contributed by atoms with Gasteiger partial charge in [0.1, 0.15) is 17.0 Å². The number of ether oxygens (including phenoxy) is 2. The average molecular weight is 491 g/mol. The van der Waals surface area contributed by atoms with E-state index >= 15 is 0 Å². The Bertz CT molecular complexity index is 1010. The van der Waals surface area contributed by atoms with Crippen molar-refractivity contribution in [2.45, 2.75) is 51.1 Å². The number of rotatable bonds is 11. The smallest absolute Gasteiger partial charge is 0.324 e. The summed E-state index contributed by atoms with van der Waals surface area (Å²) in [6, 6.07) is 1.97. The number of amides is 4. The standard InChI is InChI=1S/C24H34N4O7/c1-5-6-12-28-20(29)16-17(21(28)30)24(22(31)32,10-7-11-26-23(25)33)27-18(16)14-8-9-15(34-3)13(2)19(14)35-4/h8-9,16-18,27H,5-7,10-12H2,1-4H3,(H,31,32)(H3,25,26,33). The topological polar surface area (TPSA) is 160 Å². The van der Waals surface area contributed by atoms with E-state index in [9.17, 15) is 24.3 Å². The van der Waals surface area contributed by atoms with Gasteiger partial charge in [-0.2, -0.15) is 0 Å². The number of hydrogen-bond acceptors (Lipinski definition) is 7. The number of imide groups is 1.